The van der Waals surface area contributed by atoms with Gasteiger partial charge in [0, 0.05) is 25.6 Å². The molecular formula is C16H15FN4. The van der Waals surface area contributed by atoms with Crippen molar-refractivity contribution in [3.63, 3.8) is 0 Å². The number of aromatic nitrogens is 3. The summed E-state index contributed by atoms with van der Waals surface area (Å²) in [6, 6.07) is 10.3. The van der Waals surface area contributed by atoms with Gasteiger partial charge in [0.05, 0.1) is 17.9 Å². The van der Waals surface area contributed by atoms with E-state index in [0.717, 1.165) is 16.8 Å². The average molecular weight is 282 g/mol. The van der Waals surface area contributed by atoms with E-state index in [1.165, 1.54) is 12.1 Å². The van der Waals surface area contributed by atoms with Crippen molar-refractivity contribution < 1.29 is 4.39 Å². The topological polar surface area (TPSA) is 42.7 Å². The van der Waals surface area contributed by atoms with Crippen LogP contribution in [0.5, 0.6) is 0 Å². The van der Waals surface area contributed by atoms with Gasteiger partial charge >= 0.3 is 0 Å². The van der Waals surface area contributed by atoms with Gasteiger partial charge in [-0.25, -0.2) is 4.39 Å². The molecule has 5 heteroatoms. The lowest BCUT2D eigenvalue weighted by molar-refractivity contribution is 0.626. The first kappa shape index (κ1) is 13.3. The first-order valence-electron chi connectivity index (χ1n) is 6.63. The van der Waals surface area contributed by atoms with Crippen LogP contribution in [0.4, 0.5) is 10.1 Å². The standard InChI is InChI=1S/C16H15FN4/c1-21-11-15(10-19-21)20-16(13-6-8-18-9-7-13)12-2-4-14(17)5-3-12/h2-11,16,20H,1H3. The van der Waals surface area contributed by atoms with E-state index in [-0.39, 0.29) is 11.9 Å². The van der Waals surface area contributed by atoms with Crippen LogP contribution in [0, 0.1) is 5.82 Å². The van der Waals surface area contributed by atoms with Gasteiger partial charge in [0.15, 0.2) is 0 Å². The second kappa shape index (κ2) is 5.75. The van der Waals surface area contributed by atoms with Crippen molar-refractivity contribution in [3.05, 3.63) is 78.1 Å². The zero-order valence-electron chi connectivity index (χ0n) is 11.6. The third kappa shape index (κ3) is 3.08. The lowest BCUT2D eigenvalue weighted by atomic mass is 9.99. The summed E-state index contributed by atoms with van der Waals surface area (Å²) in [5, 5.41) is 7.57. The fourth-order valence-corrected chi connectivity index (χ4v) is 2.23. The molecule has 0 aliphatic rings. The molecular weight excluding hydrogens is 267 g/mol. The minimum atomic E-state index is -0.242. The fourth-order valence-electron chi connectivity index (χ4n) is 2.23. The molecule has 0 amide bonds. The second-order valence-corrected chi connectivity index (χ2v) is 4.81. The molecule has 0 radical (unpaired) electrons. The smallest absolute Gasteiger partial charge is 0.123 e. The number of pyridine rings is 1. The van der Waals surface area contributed by atoms with Crippen LogP contribution in [0.3, 0.4) is 0 Å². The van der Waals surface area contributed by atoms with Crippen molar-refractivity contribution in [1.82, 2.24) is 14.8 Å². The van der Waals surface area contributed by atoms with E-state index >= 15 is 0 Å². The maximum atomic E-state index is 13.1. The van der Waals surface area contributed by atoms with Crippen LogP contribution < -0.4 is 5.32 Å². The van der Waals surface area contributed by atoms with Crippen LogP contribution in [0.15, 0.2) is 61.2 Å². The number of aryl methyl sites for hydroxylation is 1. The number of nitrogens with one attached hydrogen (secondary N) is 1. The van der Waals surface area contributed by atoms with Crippen molar-refractivity contribution in [2.45, 2.75) is 6.04 Å². The Hall–Kier alpha value is -2.69. The Morgan fingerprint density at radius 3 is 2.33 bits per heavy atom. The van der Waals surface area contributed by atoms with Gasteiger partial charge in [-0.2, -0.15) is 5.10 Å². The Kier molecular flexibility index (Phi) is 3.64. The molecule has 2 heterocycles. The summed E-state index contributed by atoms with van der Waals surface area (Å²) in [6.07, 6.45) is 7.16. The van der Waals surface area contributed by atoms with Crippen molar-refractivity contribution in [2.75, 3.05) is 5.32 Å². The summed E-state index contributed by atoms with van der Waals surface area (Å²) in [5.41, 5.74) is 2.94. The molecule has 0 saturated heterocycles. The summed E-state index contributed by atoms with van der Waals surface area (Å²) >= 11 is 0. The molecule has 1 aromatic carbocycles. The quantitative estimate of drug-likeness (QED) is 0.799. The minimum absolute atomic E-state index is 0.0854. The van der Waals surface area contributed by atoms with E-state index in [9.17, 15) is 4.39 Å². The molecule has 1 N–H and O–H groups in total. The van der Waals surface area contributed by atoms with E-state index in [1.807, 2.05) is 25.4 Å². The van der Waals surface area contributed by atoms with E-state index in [0.29, 0.717) is 0 Å². The van der Waals surface area contributed by atoms with Crippen LogP contribution in [-0.2, 0) is 7.05 Å². The van der Waals surface area contributed by atoms with Gasteiger partial charge < -0.3 is 5.32 Å². The molecule has 2 aromatic heterocycles. The Balaban J connectivity index is 1.96. The Morgan fingerprint density at radius 1 is 1.05 bits per heavy atom. The molecule has 3 aromatic rings. The predicted octanol–water partition coefficient (Wildman–Crippen LogP) is 3.16. The summed E-state index contributed by atoms with van der Waals surface area (Å²) < 4.78 is 14.9. The number of hydrogen-bond acceptors (Lipinski definition) is 3. The lowest BCUT2D eigenvalue weighted by Crippen LogP contribution is -2.12. The van der Waals surface area contributed by atoms with E-state index < -0.39 is 0 Å². The Bertz CT molecular complexity index is 707. The SMILES string of the molecule is Cn1cc(NC(c2ccncc2)c2ccc(F)cc2)cn1. The molecule has 0 aliphatic heterocycles. The fraction of sp³-hybridized carbons (Fsp3) is 0.125. The van der Waals surface area contributed by atoms with Crippen LogP contribution in [0.1, 0.15) is 17.2 Å². The van der Waals surface area contributed by atoms with Gasteiger partial charge in [-0.1, -0.05) is 12.1 Å². The number of halogens is 1. The first-order chi connectivity index (χ1) is 10.2. The van der Waals surface area contributed by atoms with Crippen molar-refractivity contribution >= 4 is 5.69 Å². The van der Waals surface area contributed by atoms with E-state index in [2.05, 4.69) is 15.4 Å². The van der Waals surface area contributed by atoms with Crippen molar-refractivity contribution in [2.24, 2.45) is 7.05 Å². The summed E-state index contributed by atoms with van der Waals surface area (Å²) in [7, 11) is 1.87. The maximum absolute atomic E-state index is 13.1. The molecule has 1 atom stereocenters. The van der Waals surface area contributed by atoms with Gasteiger partial charge in [0.1, 0.15) is 5.82 Å². The monoisotopic (exact) mass is 282 g/mol. The largest absolute Gasteiger partial charge is 0.372 e. The van der Waals surface area contributed by atoms with Crippen molar-refractivity contribution in [3.8, 4) is 0 Å². The molecule has 0 bridgehead atoms. The maximum Gasteiger partial charge on any atom is 0.123 e. The van der Waals surface area contributed by atoms with Gasteiger partial charge in [0.25, 0.3) is 0 Å². The highest BCUT2D eigenvalue weighted by atomic mass is 19.1. The van der Waals surface area contributed by atoms with Crippen LogP contribution in [-0.4, -0.2) is 14.8 Å². The minimum Gasteiger partial charge on any atom is -0.372 e. The Labute approximate surface area is 122 Å². The third-order valence-electron chi connectivity index (χ3n) is 3.26. The van der Waals surface area contributed by atoms with E-state index in [4.69, 9.17) is 0 Å². The van der Waals surface area contributed by atoms with Crippen LogP contribution in [0.25, 0.3) is 0 Å². The summed E-state index contributed by atoms with van der Waals surface area (Å²) in [5.74, 6) is -0.242. The molecule has 0 saturated carbocycles. The average Bonchev–Trinajstić information content (AvgIpc) is 2.92. The Morgan fingerprint density at radius 2 is 1.71 bits per heavy atom. The van der Waals surface area contributed by atoms with Gasteiger partial charge in [-0.05, 0) is 35.4 Å². The zero-order valence-corrected chi connectivity index (χ0v) is 11.6. The molecule has 106 valence electrons. The molecule has 4 nitrogen and oxygen atoms in total. The summed E-state index contributed by atoms with van der Waals surface area (Å²) in [6.45, 7) is 0. The highest BCUT2D eigenvalue weighted by Gasteiger charge is 2.14. The molecule has 21 heavy (non-hydrogen) atoms. The number of benzene rings is 1. The molecule has 3 rings (SSSR count). The number of anilines is 1. The van der Waals surface area contributed by atoms with Crippen LogP contribution >= 0.6 is 0 Å². The molecule has 0 fully saturated rings. The van der Waals surface area contributed by atoms with Crippen molar-refractivity contribution in [1.29, 1.82) is 0 Å². The number of hydrogen-bond donors (Lipinski definition) is 1. The highest BCUT2D eigenvalue weighted by molar-refractivity contribution is 5.46. The second-order valence-electron chi connectivity index (χ2n) is 4.81. The zero-order chi connectivity index (χ0) is 14.7. The third-order valence-corrected chi connectivity index (χ3v) is 3.26. The summed E-state index contributed by atoms with van der Waals surface area (Å²) in [4.78, 5) is 4.04. The normalized spacial score (nSPS) is 12.1. The lowest BCUT2D eigenvalue weighted by Gasteiger charge is -2.19. The van der Waals surface area contributed by atoms with Gasteiger partial charge in [-0.15, -0.1) is 0 Å². The number of rotatable bonds is 4. The molecule has 0 spiro atoms. The van der Waals surface area contributed by atoms with Gasteiger partial charge in [0.2, 0.25) is 0 Å². The highest BCUT2D eigenvalue weighted by Crippen LogP contribution is 2.26. The molecule has 1 unspecified atom stereocenters. The van der Waals surface area contributed by atoms with E-state index in [1.54, 1.807) is 35.4 Å². The first-order valence-corrected chi connectivity index (χ1v) is 6.63. The predicted molar refractivity (Wildman–Crippen MR) is 79.3 cm³/mol. The van der Waals surface area contributed by atoms with Gasteiger partial charge in [-0.3, -0.25) is 9.67 Å². The number of nitrogens with zero attached hydrogens (tertiary/aromatic N) is 3. The van der Waals surface area contributed by atoms with Crippen LogP contribution in [0.2, 0.25) is 0 Å². The molecule has 0 aliphatic carbocycles.